The fourth-order valence-corrected chi connectivity index (χ4v) is 5.24. The summed E-state index contributed by atoms with van der Waals surface area (Å²) in [6.45, 7) is 2.20. The molecule has 1 aliphatic carbocycles. The third-order valence-corrected chi connectivity index (χ3v) is 6.97. The molecule has 8 nitrogen and oxygen atoms in total. The summed E-state index contributed by atoms with van der Waals surface area (Å²) in [5.74, 6) is -1.56. The van der Waals surface area contributed by atoms with Crippen molar-refractivity contribution in [3.8, 4) is 11.1 Å². The minimum absolute atomic E-state index is 0.0542. The highest BCUT2D eigenvalue weighted by atomic mass is 16.5. The Bertz CT molecular complexity index is 1040. The van der Waals surface area contributed by atoms with Gasteiger partial charge in [-0.15, -0.1) is 0 Å². The zero-order chi connectivity index (χ0) is 24.9. The number of nitrogens with zero attached hydrogens (tertiary/aromatic N) is 1. The van der Waals surface area contributed by atoms with E-state index in [4.69, 9.17) is 9.84 Å². The quantitative estimate of drug-likeness (QED) is 0.532. The van der Waals surface area contributed by atoms with E-state index in [2.05, 4.69) is 5.32 Å². The average molecular weight is 481 g/mol. The monoisotopic (exact) mass is 480 g/mol. The summed E-state index contributed by atoms with van der Waals surface area (Å²) < 4.78 is 5.57. The molecule has 8 heteroatoms. The van der Waals surface area contributed by atoms with E-state index in [1.807, 2.05) is 48.5 Å². The molecule has 0 radical (unpaired) electrons. The SMILES string of the molecule is CC(O)C1CCCCN1C(=O)C(CCC(=O)O)NC(=O)OCC1c2ccccc2-c2ccccc21. The normalized spacial score (nSPS) is 18.8. The lowest BCUT2D eigenvalue weighted by atomic mass is 9.96. The van der Waals surface area contributed by atoms with Crippen LogP contribution in [0.5, 0.6) is 0 Å². The number of hydrogen-bond donors (Lipinski definition) is 3. The van der Waals surface area contributed by atoms with Crippen molar-refractivity contribution in [1.82, 2.24) is 10.2 Å². The molecule has 3 N–H and O–H groups in total. The second kappa shape index (κ2) is 10.9. The molecule has 0 spiro atoms. The number of nitrogens with one attached hydrogen (secondary N) is 1. The standard InChI is InChI=1S/C27H32N2O6/c1-17(30)24-12-6-7-15-29(24)26(33)23(13-14-25(31)32)28-27(34)35-16-22-20-10-4-2-8-18(20)19-9-3-5-11-21(19)22/h2-5,8-11,17,22-24,30H,6-7,12-16H2,1H3,(H,28,34)(H,31,32). The number of ether oxygens (including phenoxy) is 1. The number of amides is 2. The maximum absolute atomic E-state index is 13.3. The molecule has 1 fully saturated rings. The van der Waals surface area contributed by atoms with E-state index in [0.717, 1.165) is 35.1 Å². The molecular formula is C27H32N2O6. The Labute approximate surface area is 204 Å². The Balaban J connectivity index is 1.45. The third-order valence-electron chi connectivity index (χ3n) is 6.97. The molecule has 35 heavy (non-hydrogen) atoms. The van der Waals surface area contributed by atoms with Crippen molar-refractivity contribution in [2.75, 3.05) is 13.2 Å². The molecule has 3 unspecified atom stereocenters. The van der Waals surface area contributed by atoms with Crippen LogP contribution in [0, 0.1) is 0 Å². The van der Waals surface area contributed by atoms with E-state index in [-0.39, 0.29) is 37.3 Å². The molecule has 0 aromatic heterocycles. The molecule has 2 aliphatic rings. The van der Waals surface area contributed by atoms with E-state index in [1.165, 1.54) is 0 Å². The van der Waals surface area contributed by atoms with Gasteiger partial charge in [0, 0.05) is 18.9 Å². The van der Waals surface area contributed by atoms with Crippen LogP contribution in [0.25, 0.3) is 11.1 Å². The smallest absolute Gasteiger partial charge is 0.407 e. The molecule has 0 bridgehead atoms. The number of carboxylic acid groups (broad SMARTS) is 1. The molecule has 2 aromatic rings. The van der Waals surface area contributed by atoms with Crippen molar-refractivity contribution in [3.05, 3.63) is 59.7 Å². The van der Waals surface area contributed by atoms with Gasteiger partial charge in [-0.1, -0.05) is 48.5 Å². The van der Waals surface area contributed by atoms with E-state index >= 15 is 0 Å². The first-order valence-corrected chi connectivity index (χ1v) is 12.2. The Morgan fingerprint density at radius 3 is 2.29 bits per heavy atom. The fourth-order valence-electron chi connectivity index (χ4n) is 5.24. The highest BCUT2D eigenvalue weighted by molar-refractivity contribution is 5.86. The number of aliphatic hydroxyl groups is 1. The van der Waals surface area contributed by atoms with E-state index in [9.17, 15) is 19.5 Å². The summed E-state index contributed by atoms with van der Waals surface area (Å²) in [6.07, 6.45) is 0.564. The summed E-state index contributed by atoms with van der Waals surface area (Å²) in [4.78, 5) is 38.8. The van der Waals surface area contributed by atoms with E-state index < -0.39 is 24.2 Å². The third kappa shape index (κ3) is 5.48. The first kappa shape index (κ1) is 24.7. The van der Waals surface area contributed by atoms with Crippen molar-refractivity contribution < 1.29 is 29.3 Å². The van der Waals surface area contributed by atoms with Gasteiger partial charge in [0.15, 0.2) is 0 Å². The molecule has 2 aromatic carbocycles. The Morgan fingerprint density at radius 2 is 1.69 bits per heavy atom. The van der Waals surface area contributed by atoms with Crippen LogP contribution >= 0.6 is 0 Å². The number of piperidine rings is 1. The summed E-state index contributed by atoms with van der Waals surface area (Å²) in [6, 6.07) is 14.6. The minimum Gasteiger partial charge on any atom is -0.481 e. The molecule has 1 heterocycles. The lowest BCUT2D eigenvalue weighted by Gasteiger charge is -2.39. The minimum atomic E-state index is -1.05. The maximum atomic E-state index is 13.3. The van der Waals surface area contributed by atoms with Crippen molar-refractivity contribution >= 4 is 18.0 Å². The Kier molecular flexibility index (Phi) is 7.70. The Hall–Kier alpha value is -3.39. The molecule has 3 atom stereocenters. The van der Waals surface area contributed by atoms with Crippen molar-refractivity contribution in [3.63, 3.8) is 0 Å². The topological polar surface area (TPSA) is 116 Å². The number of fused-ring (bicyclic) bond motifs is 3. The predicted octanol–water partition coefficient (Wildman–Crippen LogP) is 3.52. The van der Waals surface area contributed by atoms with Gasteiger partial charge in [0.1, 0.15) is 12.6 Å². The van der Waals surface area contributed by atoms with E-state index in [1.54, 1.807) is 11.8 Å². The van der Waals surface area contributed by atoms with Crippen LogP contribution in [0.2, 0.25) is 0 Å². The van der Waals surface area contributed by atoms with Crippen LogP contribution < -0.4 is 5.32 Å². The van der Waals surface area contributed by atoms with Crippen LogP contribution in [-0.2, 0) is 14.3 Å². The summed E-state index contributed by atoms with van der Waals surface area (Å²) in [5.41, 5.74) is 4.38. The largest absolute Gasteiger partial charge is 0.481 e. The van der Waals surface area contributed by atoms with Crippen LogP contribution in [0.4, 0.5) is 4.79 Å². The maximum Gasteiger partial charge on any atom is 0.407 e. The summed E-state index contributed by atoms with van der Waals surface area (Å²) >= 11 is 0. The number of likely N-dealkylation sites (tertiary alicyclic amines) is 1. The van der Waals surface area contributed by atoms with Crippen molar-refractivity contribution in [2.24, 2.45) is 0 Å². The number of carbonyl (C=O) groups excluding carboxylic acids is 2. The van der Waals surface area contributed by atoms with Gasteiger partial charge in [-0.3, -0.25) is 9.59 Å². The molecule has 1 saturated heterocycles. The Morgan fingerprint density at radius 1 is 1.06 bits per heavy atom. The van der Waals surface area contributed by atoms with Gasteiger partial charge < -0.3 is 25.2 Å². The summed E-state index contributed by atoms with van der Waals surface area (Å²) in [5, 5.41) is 21.9. The van der Waals surface area contributed by atoms with Gasteiger partial charge in [0.05, 0.1) is 12.1 Å². The van der Waals surface area contributed by atoms with Crippen LogP contribution in [0.3, 0.4) is 0 Å². The van der Waals surface area contributed by atoms with Crippen molar-refractivity contribution in [1.29, 1.82) is 0 Å². The van der Waals surface area contributed by atoms with Crippen molar-refractivity contribution in [2.45, 2.75) is 63.1 Å². The number of aliphatic carboxylic acids is 1. The first-order chi connectivity index (χ1) is 16.9. The van der Waals surface area contributed by atoms with Gasteiger partial charge >= 0.3 is 12.1 Å². The van der Waals surface area contributed by atoms with Crippen LogP contribution in [0.1, 0.15) is 56.1 Å². The van der Waals surface area contributed by atoms with Crippen LogP contribution in [0.15, 0.2) is 48.5 Å². The second-order valence-electron chi connectivity index (χ2n) is 9.29. The number of benzene rings is 2. The highest BCUT2D eigenvalue weighted by Crippen LogP contribution is 2.44. The number of aliphatic hydroxyl groups excluding tert-OH is 1. The number of carboxylic acids is 1. The van der Waals surface area contributed by atoms with Gasteiger partial charge in [0.25, 0.3) is 0 Å². The van der Waals surface area contributed by atoms with E-state index in [0.29, 0.717) is 13.0 Å². The number of hydrogen-bond acceptors (Lipinski definition) is 5. The first-order valence-electron chi connectivity index (χ1n) is 12.2. The van der Waals surface area contributed by atoms with Gasteiger partial charge in [-0.25, -0.2) is 4.79 Å². The molecular weight excluding hydrogens is 448 g/mol. The fraction of sp³-hybridized carbons (Fsp3) is 0.444. The predicted molar refractivity (Wildman–Crippen MR) is 130 cm³/mol. The lowest BCUT2D eigenvalue weighted by Crippen LogP contribution is -2.56. The average Bonchev–Trinajstić information content (AvgIpc) is 3.18. The number of carbonyl (C=O) groups is 3. The number of rotatable bonds is 8. The molecule has 2 amide bonds. The molecule has 186 valence electrons. The highest BCUT2D eigenvalue weighted by Gasteiger charge is 2.35. The lowest BCUT2D eigenvalue weighted by molar-refractivity contribution is -0.141. The second-order valence-corrected chi connectivity index (χ2v) is 9.29. The molecule has 4 rings (SSSR count). The summed E-state index contributed by atoms with van der Waals surface area (Å²) in [7, 11) is 0. The molecule has 1 aliphatic heterocycles. The molecule has 0 saturated carbocycles. The van der Waals surface area contributed by atoms with Gasteiger partial charge in [0.2, 0.25) is 5.91 Å². The number of alkyl carbamates (subject to hydrolysis) is 1. The van der Waals surface area contributed by atoms with Crippen LogP contribution in [-0.4, -0.2) is 64.4 Å². The van der Waals surface area contributed by atoms with Gasteiger partial charge in [-0.2, -0.15) is 0 Å². The zero-order valence-electron chi connectivity index (χ0n) is 19.9. The zero-order valence-corrected chi connectivity index (χ0v) is 19.9. The van der Waals surface area contributed by atoms with Gasteiger partial charge in [-0.05, 0) is 54.9 Å².